The molecule has 102 valence electrons. The highest BCUT2D eigenvalue weighted by Gasteiger charge is 2.59. The van der Waals surface area contributed by atoms with Gasteiger partial charge in [0.1, 0.15) is 0 Å². The molecule has 0 radical (unpaired) electrons. The first kappa shape index (κ1) is 14.8. The monoisotopic (exact) mass is 294 g/mol. The van der Waals surface area contributed by atoms with Crippen molar-refractivity contribution in [3.05, 3.63) is 17.8 Å². The maximum Gasteiger partial charge on any atom is 0.434 e. The Morgan fingerprint density at radius 2 is 1.61 bits per heavy atom. The molecule has 1 aromatic heterocycles. The van der Waals surface area contributed by atoms with Crippen molar-refractivity contribution in [3.63, 3.8) is 0 Å². The minimum atomic E-state index is -5.59. The third-order valence-corrected chi connectivity index (χ3v) is 1.94. The summed E-state index contributed by atoms with van der Waals surface area (Å²) in [5.74, 6) is -0.960. The van der Waals surface area contributed by atoms with Crippen LogP contribution in [-0.4, -0.2) is 28.7 Å². The number of hydrogen-bond acceptors (Lipinski definition) is 3. The maximum absolute atomic E-state index is 12.1. The van der Waals surface area contributed by atoms with E-state index in [1.807, 2.05) is 0 Å². The van der Waals surface area contributed by atoms with Crippen molar-refractivity contribution in [2.24, 2.45) is 0 Å². The highest BCUT2D eigenvalue weighted by atomic mass is 35.5. The Labute approximate surface area is 102 Å². The minimum Gasteiger partial charge on any atom is -0.454 e. The summed E-state index contributed by atoms with van der Waals surface area (Å²) in [6.07, 6.45) is -15.1. The molecule has 1 aromatic rings. The molecule has 0 saturated carbocycles. The Morgan fingerprint density at radius 1 is 1.06 bits per heavy atom. The van der Waals surface area contributed by atoms with Gasteiger partial charge in [0.05, 0.1) is 11.6 Å². The second-order valence-corrected chi connectivity index (χ2v) is 3.34. The lowest BCUT2D eigenvalue weighted by atomic mass is 10.3. The molecule has 0 N–H and O–H groups in total. The number of rotatable bonds is 3. The fourth-order valence-electron chi connectivity index (χ4n) is 0.922. The number of nitrogens with zero attached hydrogens (tertiary/aromatic N) is 2. The van der Waals surface area contributed by atoms with E-state index in [-0.39, 0.29) is 11.6 Å². The molecule has 0 saturated heterocycles. The molecule has 0 aromatic carbocycles. The van der Waals surface area contributed by atoms with E-state index in [2.05, 4.69) is 14.9 Å². The first-order valence-electron chi connectivity index (χ1n) is 4.33. The van der Waals surface area contributed by atoms with E-state index in [4.69, 9.17) is 11.6 Å². The molecule has 0 bridgehead atoms. The molecule has 18 heavy (non-hydrogen) atoms. The SMILES string of the molecule is FC(F)(F)C(Oc1ccc(CCl)nn1)C(F)(F)F. The number of hydrogen-bond donors (Lipinski definition) is 0. The Kier molecular flexibility index (Phi) is 4.25. The summed E-state index contributed by atoms with van der Waals surface area (Å²) in [6.45, 7) is 0. The van der Waals surface area contributed by atoms with Crippen molar-refractivity contribution >= 4 is 11.6 Å². The number of ether oxygens (including phenoxy) is 1. The van der Waals surface area contributed by atoms with Gasteiger partial charge in [-0.25, -0.2) is 0 Å². The van der Waals surface area contributed by atoms with Gasteiger partial charge < -0.3 is 4.74 Å². The van der Waals surface area contributed by atoms with Crippen LogP contribution in [0.4, 0.5) is 26.3 Å². The van der Waals surface area contributed by atoms with Gasteiger partial charge in [0, 0.05) is 6.07 Å². The van der Waals surface area contributed by atoms with Crippen molar-refractivity contribution < 1.29 is 31.1 Å². The van der Waals surface area contributed by atoms with Gasteiger partial charge in [0.25, 0.3) is 6.10 Å². The summed E-state index contributed by atoms with van der Waals surface area (Å²) in [4.78, 5) is 0. The molecule has 0 unspecified atom stereocenters. The second-order valence-electron chi connectivity index (χ2n) is 3.08. The topological polar surface area (TPSA) is 35.0 Å². The van der Waals surface area contributed by atoms with Crippen LogP contribution >= 0.6 is 11.6 Å². The molecule has 10 heteroatoms. The van der Waals surface area contributed by atoms with Crippen LogP contribution in [0, 0.1) is 0 Å². The summed E-state index contributed by atoms with van der Waals surface area (Å²) >= 11 is 5.33. The van der Waals surface area contributed by atoms with Crippen LogP contribution in [0.5, 0.6) is 5.88 Å². The molecule has 0 spiro atoms. The second kappa shape index (κ2) is 5.17. The largest absolute Gasteiger partial charge is 0.454 e. The lowest BCUT2D eigenvalue weighted by Gasteiger charge is -2.22. The van der Waals surface area contributed by atoms with Crippen LogP contribution in [0.15, 0.2) is 12.1 Å². The lowest BCUT2D eigenvalue weighted by Crippen LogP contribution is -2.46. The van der Waals surface area contributed by atoms with Crippen molar-refractivity contribution in [2.45, 2.75) is 24.3 Å². The minimum absolute atomic E-state index is 0.0742. The zero-order valence-corrected chi connectivity index (χ0v) is 9.14. The standard InChI is InChI=1S/C8H5ClF6N2O/c9-3-4-1-2-5(17-16-4)18-6(7(10,11)12)8(13,14)15/h1-2,6H,3H2. The van der Waals surface area contributed by atoms with E-state index >= 15 is 0 Å². The molecule has 0 fully saturated rings. The molecule has 0 amide bonds. The van der Waals surface area contributed by atoms with E-state index in [9.17, 15) is 26.3 Å². The van der Waals surface area contributed by atoms with Crippen LogP contribution in [-0.2, 0) is 5.88 Å². The fourth-order valence-corrected chi connectivity index (χ4v) is 1.06. The van der Waals surface area contributed by atoms with E-state index in [1.165, 1.54) is 0 Å². The van der Waals surface area contributed by atoms with E-state index in [0.717, 1.165) is 12.1 Å². The Hall–Kier alpha value is -1.25. The Balaban J connectivity index is 2.90. The van der Waals surface area contributed by atoms with Crippen LogP contribution in [0.25, 0.3) is 0 Å². The number of alkyl halides is 7. The van der Waals surface area contributed by atoms with Crippen molar-refractivity contribution in [3.8, 4) is 5.88 Å². The van der Waals surface area contributed by atoms with E-state index in [1.54, 1.807) is 0 Å². The van der Waals surface area contributed by atoms with Crippen molar-refractivity contribution in [2.75, 3.05) is 0 Å². The van der Waals surface area contributed by atoms with Gasteiger partial charge in [-0.1, -0.05) is 0 Å². The molecule has 3 nitrogen and oxygen atoms in total. The molecule has 0 aliphatic heterocycles. The van der Waals surface area contributed by atoms with Crippen molar-refractivity contribution in [1.82, 2.24) is 10.2 Å². The van der Waals surface area contributed by atoms with Gasteiger partial charge in [-0.2, -0.15) is 31.4 Å². The average Bonchev–Trinajstić information content (AvgIpc) is 2.23. The zero-order chi connectivity index (χ0) is 14.0. The Morgan fingerprint density at radius 3 is 1.94 bits per heavy atom. The number of aromatic nitrogens is 2. The predicted molar refractivity (Wildman–Crippen MR) is 48.1 cm³/mol. The molecule has 1 rings (SSSR count). The summed E-state index contributed by atoms with van der Waals surface area (Å²) < 4.78 is 76.6. The fraction of sp³-hybridized carbons (Fsp3) is 0.500. The van der Waals surface area contributed by atoms with Gasteiger partial charge in [-0.3, -0.25) is 0 Å². The highest BCUT2D eigenvalue weighted by molar-refractivity contribution is 6.16. The molecule has 1 heterocycles. The summed E-state index contributed by atoms with van der Waals surface area (Å²) in [6, 6.07) is 1.94. The van der Waals surface area contributed by atoms with Crippen LogP contribution in [0.1, 0.15) is 5.69 Å². The molecule has 0 aliphatic carbocycles. The highest BCUT2D eigenvalue weighted by Crippen LogP contribution is 2.35. The van der Waals surface area contributed by atoms with E-state index in [0.29, 0.717) is 0 Å². The van der Waals surface area contributed by atoms with Crippen LogP contribution < -0.4 is 4.74 Å². The maximum atomic E-state index is 12.1. The normalized spacial score (nSPS) is 12.9. The molecular formula is C8H5ClF6N2O. The Bertz CT molecular complexity index is 376. The number of halogens is 7. The van der Waals surface area contributed by atoms with Crippen molar-refractivity contribution in [1.29, 1.82) is 0 Å². The van der Waals surface area contributed by atoms with Gasteiger partial charge in [-0.05, 0) is 6.07 Å². The van der Waals surface area contributed by atoms with Gasteiger partial charge in [0.2, 0.25) is 5.88 Å². The molecular weight excluding hydrogens is 290 g/mol. The van der Waals surface area contributed by atoms with Gasteiger partial charge >= 0.3 is 12.4 Å². The average molecular weight is 295 g/mol. The quantitative estimate of drug-likeness (QED) is 0.635. The predicted octanol–water partition coefficient (Wildman–Crippen LogP) is 3.09. The molecule has 0 atom stereocenters. The third-order valence-electron chi connectivity index (χ3n) is 1.67. The first-order valence-corrected chi connectivity index (χ1v) is 4.86. The van der Waals surface area contributed by atoms with E-state index < -0.39 is 24.3 Å². The molecule has 0 aliphatic rings. The van der Waals surface area contributed by atoms with Crippen LogP contribution in [0.3, 0.4) is 0 Å². The zero-order valence-electron chi connectivity index (χ0n) is 8.39. The van der Waals surface area contributed by atoms with Gasteiger partial charge in [-0.15, -0.1) is 16.7 Å². The first-order chi connectivity index (χ1) is 8.14. The summed E-state index contributed by atoms with van der Waals surface area (Å²) in [5.41, 5.74) is 0.194. The smallest absolute Gasteiger partial charge is 0.434 e. The summed E-state index contributed by atoms with van der Waals surface area (Å²) in [5, 5.41) is 6.33. The van der Waals surface area contributed by atoms with Crippen LogP contribution in [0.2, 0.25) is 0 Å². The lowest BCUT2D eigenvalue weighted by molar-refractivity contribution is -0.300. The summed E-state index contributed by atoms with van der Waals surface area (Å²) in [7, 11) is 0. The van der Waals surface area contributed by atoms with Gasteiger partial charge in [0.15, 0.2) is 0 Å². The third kappa shape index (κ3) is 3.90.